The van der Waals surface area contributed by atoms with Gasteiger partial charge >= 0.3 is 0 Å². The molecule has 3 nitrogen and oxygen atoms in total. The minimum atomic E-state index is -0.872. The van der Waals surface area contributed by atoms with Crippen LogP contribution < -0.4 is 4.74 Å². The molecule has 5 heteroatoms. The Morgan fingerprint density at radius 3 is 2.55 bits per heavy atom. The van der Waals surface area contributed by atoms with Crippen LogP contribution in [0.15, 0.2) is 24.8 Å². The number of halogens is 2. The highest BCUT2D eigenvalue weighted by molar-refractivity contribution is 5.33. The first-order valence-corrected chi connectivity index (χ1v) is 11.1. The summed E-state index contributed by atoms with van der Waals surface area (Å²) < 4.78 is 45.8. The number of hydrogen-bond donors (Lipinski definition) is 0. The summed E-state index contributed by atoms with van der Waals surface area (Å²) in [7, 11) is 0. The van der Waals surface area contributed by atoms with Gasteiger partial charge in [0.15, 0.2) is 11.6 Å². The van der Waals surface area contributed by atoms with Gasteiger partial charge in [0, 0.05) is 6.61 Å². The number of benzene rings is 1. The van der Waals surface area contributed by atoms with E-state index in [0.29, 0.717) is 24.7 Å². The SMILES string of the molecule is C=CCCC1CCC(COC2CCC(c3ccc(OCC)c(F)c3F)CC2)OC1. The second kappa shape index (κ2) is 11.1. The Kier molecular flexibility index (Phi) is 8.49. The molecule has 2 fully saturated rings. The fourth-order valence-electron chi connectivity index (χ4n) is 4.49. The average molecular weight is 409 g/mol. The predicted octanol–water partition coefficient (Wildman–Crippen LogP) is 6.17. The molecule has 0 radical (unpaired) electrons. The molecule has 0 aromatic heterocycles. The van der Waals surface area contributed by atoms with Crippen molar-refractivity contribution in [2.45, 2.75) is 76.4 Å². The zero-order chi connectivity index (χ0) is 20.6. The van der Waals surface area contributed by atoms with E-state index in [-0.39, 0.29) is 23.9 Å². The van der Waals surface area contributed by atoms with E-state index in [2.05, 4.69) is 6.58 Å². The van der Waals surface area contributed by atoms with Gasteiger partial charge in [0.05, 0.1) is 25.4 Å². The first kappa shape index (κ1) is 22.2. The van der Waals surface area contributed by atoms with E-state index in [9.17, 15) is 8.78 Å². The Balaban J connectivity index is 1.41. The van der Waals surface area contributed by atoms with Gasteiger partial charge in [0.1, 0.15) is 0 Å². The first-order chi connectivity index (χ1) is 14.1. The molecule has 0 amide bonds. The van der Waals surface area contributed by atoms with Crippen LogP contribution in [0.3, 0.4) is 0 Å². The van der Waals surface area contributed by atoms with Gasteiger partial charge < -0.3 is 14.2 Å². The number of rotatable bonds is 9. The van der Waals surface area contributed by atoms with Crippen molar-refractivity contribution in [3.05, 3.63) is 42.0 Å². The van der Waals surface area contributed by atoms with E-state index >= 15 is 0 Å². The minimum absolute atomic E-state index is 0.00928. The monoisotopic (exact) mass is 408 g/mol. The van der Waals surface area contributed by atoms with Crippen molar-refractivity contribution < 1.29 is 23.0 Å². The van der Waals surface area contributed by atoms with Gasteiger partial charge in [-0.15, -0.1) is 6.58 Å². The van der Waals surface area contributed by atoms with Crippen molar-refractivity contribution in [1.82, 2.24) is 0 Å². The van der Waals surface area contributed by atoms with Gasteiger partial charge in [0.25, 0.3) is 0 Å². The number of allylic oxidation sites excluding steroid dienone is 1. The zero-order valence-electron chi connectivity index (χ0n) is 17.5. The van der Waals surface area contributed by atoms with Crippen LogP contribution in [0, 0.1) is 17.6 Å². The quantitative estimate of drug-likeness (QED) is 0.458. The fraction of sp³-hybridized carbons (Fsp3) is 0.667. The van der Waals surface area contributed by atoms with Crippen LogP contribution in [0.4, 0.5) is 8.78 Å². The topological polar surface area (TPSA) is 27.7 Å². The molecule has 1 aromatic carbocycles. The van der Waals surface area contributed by atoms with E-state index in [1.807, 2.05) is 6.08 Å². The molecule has 1 aliphatic carbocycles. The molecule has 29 heavy (non-hydrogen) atoms. The second-order valence-electron chi connectivity index (χ2n) is 8.29. The molecular formula is C24H34F2O3. The third-order valence-corrected chi connectivity index (χ3v) is 6.25. The molecule has 2 atom stereocenters. The molecule has 0 N–H and O–H groups in total. The highest BCUT2D eigenvalue weighted by Gasteiger charge is 2.28. The third kappa shape index (κ3) is 6.02. The van der Waals surface area contributed by atoms with Gasteiger partial charge in [0.2, 0.25) is 5.82 Å². The largest absolute Gasteiger partial charge is 0.491 e. The molecule has 2 unspecified atom stereocenters. The Hall–Kier alpha value is -1.46. The standard InChI is InChI=1S/C24H34F2O3/c1-3-5-6-17-7-10-20(28-15-17)16-29-19-11-8-18(9-12-19)21-13-14-22(27-4-2)24(26)23(21)25/h3,13-14,17-20H,1,4-12,15-16H2,2H3. The van der Waals surface area contributed by atoms with Crippen LogP contribution in [-0.4, -0.2) is 32.0 Å². The van der Waals surface area contributed by atoms with Crippen molar-refractivity contribution >= 4 is 0 Å². The molecule has 1 aromatic rings. The first-order valence-electron chi connectivity index (χ1n) is 11.1. The Morgan fingerprint density at radius 2 is 1.90 bits per heavy atom. The van der Waals surface area contributed by atoms with Gasteiger partial charge in [-0.3, -0.25) is 0 Å². The summed E-state index contributed by atoms with van der Waals surface area (Å²) in [5.74, 6) is -0.962. The minimum Gasteiger partial charge on any atom is -0.491 e. The summed E-state index contributed by atoms with van der Waals surface area (Å²) >= 11 is 0. The summed E-state index contributed by atoms with van der Waals surface area (Å²) in [6.07, 6.45) is 10.1. The fourth-order valence-corrected chi connectivity index (χ4v) is 4.49. The van der Waals surface area contributed by atoms with Gasteiger partial charge in [-0.25, -0.2) is 4.39 Å². The smallest absolute Gasteiger partial charge is 0.200 e. The molecule has 1 heterocycles. The van der Waals surface area contributed by atoms with Crippen molar-refractivity contribution in [2.24, 2.45) is 5.92 Å². The second-order valence-corrected chi connectivity index (χ2v) is 8.29. The van der Waals surface area contributed by atoms with Crippen LogP contribution >= 0.6 is 0 Å². The van der Waals surface area contributed by atoms with E-state index in [4.69, 9.17) is 14.2 Å². The highest BCUT2D eigenvalue weighted by atomic mass is 19.2. The Bertz CT molecular complexity index is 648. The lowest BCUT2D eigenvalue weighted by Crippen LogP contribution is -2.32. The molecule has 3 rings (SSSR count). The molecule has 0 spiro atoms. The summed E-state index contributed by atoms with van der Waals surface area (Å²) in [5, 5.41) is 0. The van der Waals surface area contributed by atoms with Crippen LogP contribution in [-0.2, 0) is 9.47 Å². The number of ether oxygens (including phenoxy) is 3. The van der Waals surface area contributed by atoms with Crippen molar-refractivity contribution in [3.63, 3.8) is 0 Å². The van der Waals surface area contributed by atoms with Crippen LogP contribution in [0.5, 0.6) is 5.75 Å². The van der Waals surface area contributed by atoms with E-state index < -0.39 is 11.6 Å². The number of hydrogen-bond acceptors (Lipinski definition) is 3. The maximum Gasteiger partial charge on any atom is 0.200 e. The third-order valence-electron chi connectivity index (χ3n) is 6.25. The van der Waals surface area contributed by atoms with Gasteiger partial charge in [-0.1, -0.05) is 12.1 Å². The lowest BCUT2D eigenvalue weighted by Gasteiger charge is -2.32. The maximum atomic E-state index is 14.5. The summed E-state index contributed by atoms with van der Waals surface area (Å²) in [6, 6.07) is 3.22. The molecule has 2 aliphatic rings. The highest BCUT2D eigenvalue weighted by Crippen LogP contribution is 2.37. The molecule has 1 saturated heterocycles. The average Bonchev–Trinajstić information content (AvgIpc) is 2.75. The van der Waals surface area contributed by atoms with Crippen molar-refractivity contribution in [1.29, 1.82) is 0 Å². The maximum absolute atomic E-state index is 14.5. The lowest BCUT2D eigenvalue weighted by molar-refractivity contribution is -0.0855. The van der Waals surface area contributed by atoms with E-state index in [0.717, 1.165) is 51.6 Å². The van der Waals surface area contributed by atoms with Gasteiger partial charge in [-0.2, -0.15) is 4.39 Å². The van der Waals surface area contributed by atoms with Gasteiger partial charge in [-0.05, 0) is 81.8 Å². The molecule has 1 aliphatic heterocycles. The Morgan fingerprint density at radius 1 is 1.10 bits per heavy atom. The molecule has 0 bridgehead atoms. The molecular weight excluding hydrogens is 374 g/mol. The summed E-state index contributed by atoms with van der Waals surface area (Å²) in [5.41, 5.74) is 0.464. The van der Waals surface area contributed by atoms with Crippen LogP contribution in [0.25, 0.3) is 0 Å². The Labute approximate surface area is 173 Å². The summed E-state index contributed by atoms with van der Waals surface area (Å²) in [4.78, 5) is 0. The van der Waals surface area contributed by atoms with Crippen molar-refractivity contribution in [2.75, 3.05) is 19.8 Å². The van der Waals surface area contributed by atoms with Crippen LogP contribution in [0.1, 0.15) is 69.8 Å². The van der Waals surface area contributed by atoms with Crippen LogP contribution in [0.2, 0.25) is 0 Å². The van der Waals surface area contributed by atoms with E-state index in [1.165, 1.54) is 6.42 Å². The van der Waals surface area contributed by atoms with Crippen molar-refractivity contribution in [3.8, 4) is 5.75 Å². The normalized spacial score (nSPS) is 27.6. The lowest BCUT2D eigenvalue weighted by atomic mass is 9.82. The zero-order valence-corrected chi connectivity index (χ0v) is 17.5. The summed E-state index contributed by atoms with van der Waals surface area (Å²) in [6.45, 7) is 7.31. The van der Waals surface area contributed by atoms with E-state index in [1.54, 1.807) is 19.1 Å². The molecule has 162 valence electrons. The predicted molar refractivity (Wildman–Crippen MR) is 110 cm³/mol. The molecule has 1 saturated carbocycles.